The predicted molar refractivity (Wildman–Crippen MR) is 88.8 cm³/mol. The van der Waals surface area contributed by atoms with Gasteiger partial charge in [0.05, 0.1) is 23.9 Å². The van der Waals surface area contributed by atoms with Gasteiger partial charge >= 0.3 is 11.9 Å². The van der Waals surface area contributed by atoms with E-state index in [0.29, 0.717) is 28.3 Å². The third-order valence-electron chi connectivity index (χ3n) is 4.05. The number of nitrogens with one attached hydrogen (secondary N) is 1. The largest absolute Gasteiger partial charge is 0.465 e. The van der Waals surface area contributed by atoms with Gasteiger partial charge in [-0.3, -0.25) is 4.79 Å². The normalized spacial score (nSPS) is 12.0. The van der Waals surface area contributed by atoms with Crippen LogP contribution in [0.5, 0.6) is 11.5 Å². The number of H-pyrrole nitrogens is 1. The average Bonchev–Trinajstić information content (AvgIpc) is 3.22. The van der Waals surface area contributed by atoms with Crippen LogP contribution in [-0.4, -0.2) is 43.2 Å². The molecule has 0 bridgehead atoms. The van der Waals surface area contributed by atoms with Crippen LogP contribution in [-0.2, 0) is 9.47 Å². The molecular weight excluding hydrogens is 342 g/mol. The van der Waals surface area contributed by atoms with E-state index in [1.165, 1.54) is 19.2 Å². The van der Waals surface area contributed by atoms with Crippen LogP contribution in [0.1, 0.15) is 42.5 Å². The molecule has 8 heteroatoms. The molecule has 1 aliphatic heterocycles. The molecule has 0 aliphatic carbocycles. The molecule has 0 atom stereocenters. The molecule has 0 saturated carbocycles. The Morgan fingerprint density at radius 3 is 2.58 bits per heavy atom. The van der Waals surface area contributed by atoms with E-state index in [-0.39, 0.29) is 18.1 Å². The summed E-state index contributed by atoms with van der Waals surface area (Å²) in [6.07, 6.45) is 0. The molecule has 136 valence electrons. The van der Waals surface area contributed by atoms with Gasteiger partial charge in [0.25, 0.3) is 0 Å². The lowest BCUT2D eigenvalue weighted by Gasteiger charge is -2.05. The molecule has 2 aromatic rings. The number of esters is 2. The highest BCUT2D eigenvalue weighted by molar-refractivity contribution is 6.03. The van der Waals surface area contributed by atoms with Crippen molar-refractivity contribution in [2.45, 2.75) is 13.8 Å². The van der Waals surface area contributed by atoms with Crippen LogP contribution in [0.25, 0.3) is 0 Å². The van der Waals surface area contributed by atoms with E-state index in [9.17, 15) is 14.4 Å². The van der Waals surface area contributed by atoms with Crippen LogP contribution < -0.4 is 9.47 Å². The Labute approximate surface area is 149 Å². The van der Waals surface area contributed by atoms with Crippen LogP contribution in [0.2, 0.25) is 0 Å². The summed E-state index contributed by atoms with van der Waals surface area (Å²) in [5.74, 6) is -0.650. The summed E-state index contributed by atoms with van der Waals surface area (Å²) in [4.78, 5) is 39.1. The van der Waals surface area contributed by atoms with Crippen molar-refractivity contribution in [2.75, 3.05) is 20.5 Å². The highest BCUT2D eigenvalue weighted by Crippen LogP contribution is 2.32. The van der Waals surface area contributed by atoms with E-state index >= 15 is 0 Å². The quantitative estimate of drug-likeness (QED) is 0.644. The Hall–Kier alpha value is -3.29. The minimum absolute atomic E-state index is 0.0975. The molecule has 8 nitrogen and oxygen atoms in total. The highest BCUT2D eigenvalue weighted by Gasteiger charge is 2.24. The Bertz CT molecular complexity index is 897. The lowest BCUT2D eigenvalue weighted by molar-refractivity contribution is 0.0472. The van der Waals surface area contributed by atoms with Crippen molar-refractivity contribution in [3.05, 3.63) is 46.3 Å². The third-order valence-corrected chi connectivity index (χ3v) is 4.05. The first-order valence-corrected chi connectivity index (χ1v) is 7.79. The molecule has 26 heavy (non-hydrogen) atoms. The number of aromatic nitrogens is 1. The van der Waals surface area contributed by atoms with E-state index < -0.39 is 24.3 Å². The summed E-state index contributed by atoms with van der Waals surface area (Å²) in [6, 6.07) is 4.62. The Morgan fingerprint density at radius 2 is 1.85 bits per heavy atom. The SMILES string of the molecule is COC(=O)c1c(C)[nH]c(C(=O)COC(=O)c2ccc3c(c2)OCO3)c1C. The molecule has 0 radical (unpaired) electrons. The van der Waals surface area contributed by atoms with Crippen molar-refractivity contribution in [3.8, 4) is 11.5 Å². The van der Waals surface area contributed by atoms with Crippen LogP contribution in [0.3, 0.4) is 0 Å². The van der Waals surface area contributed by atoms with Gasteiger partial charge in [-0.05, 0) is 37.6 Å². The van der Waals surface area contributed by atoms with Crippen LogP contribution in [0, 0.1) is 13.8 Å². The Morgan fingerprint density at radius 1 is 1.12 bits per heavy atom. The lowest BCUT2D eigenvalue weighted by atomic mass is 10.1. The van der Waals surface area contributed by atoms with E-state index in [2.05, 4.69) is 4.98 Å². The van der Waals surface area contributed by atoms with Crippen molar-refractivity contribution in [1.29, 1.82) is 0 Å². The van der Waals surface area contributed by atoms with Gasteiger partial charge in [0.1, 0.15) is 0 Å². The summed E-state index contributed by atoms with van der Waals surface area (Å²) in [6.45, 7) is 2.92. The van der Waals surface area contributed by atoms with Gasteiger partial charge in [-0.25, -0.2) is 9.59 Å². The molecule has 0 fully saturated rings. The number of carbonyl (C=O) groups is 3. The molecule has 1 aliphatic rings. The molecule has 0 amide bonds. The van der Waals surface area contributed by atoms with Gasteiger partial charge in [-0.2, -0.15) is 0 Å². The molecule has 2 heterocycles. The smallest absolute Gasteiger partial charge is 0.339 e. The summed E-state index contributed by atoms with van der Waals surface area (Å²) >= 11 is 0. The number of hydrogen-bond donors (Lipinski definition) is 1. The zero-order valence-corrected chi connectivity index (χ0v) is 14.5. The standard InChI is InChI=1S/C18H17NO7/c1-9-15(18(22)23-3)10(2)19-16(9)12(20)7-24-17(21)11-4-5-13-14(6-11)26-8-25-13/h4-6,19H,7-8H2,1-3H3. The minimum atomic E-state index is -0.661. The second-order valence-electron chi connectivity index (χ2n) is 5.68. The molecular formula is C18H17NO7. The maximum Gasteiger partial charge on any atom is 0.339 e. The molecule has 1 aromatic heterocycles. The first-order chi connectivity index (χ1) is 12.4. The number of benzene rings is 1. The molecule has 1 N–H and O–H groups in total. The maximum atomic E-state index is 12.4. The monoisotopic (exact) mass is 359 g/mol. The van der Waals surface area contributed by atoms with Crippen LogP contribution >= 0.6 is 0 Å². The van der Waals surface area contributed by atoms with Gasteiger partial charge in [0.15, 0.2) is 18.1 Å². The number of methoxy groups -OCH3 is 1. The van der Waals surface area contributed by atoms with Gasteiger partial charge in [0, 0.05) is 5.69 Å². The summed E-state index contributed by atoms with van der Waals surface area (Å²) in [5.41, 5.74) is 1.73. The maximum absolute atomic E-state index is 12.4. The van der Waals surface area contributed by atoms with E-state index in [1.807, 2.05) is 0 Å². The first kappa shape index (κ1) is 17.5. The fraction of sp³-hybridized carbons (Fsp3) is 0.278. The number of Topliss-reactive ketones (excluding diaryl/α,β-unsaturated/α-hetero) is 1. The predicted octanol–water partition coefficient (Wildman–Crippen LogP) is 2.19. The second-order valence-corrected chi connectivity index (χ2v) is 5.68. The topological polar surface area (TPSA) is 104 Å². The molecule has 0 unspecified atom stereocenters. The summed E-state index contributed by atoms with van der Waals surface area (Å²) in [7, 11) is 1.27. The van der Waals surface area contributed by atoms with Crippen molar-refractivity contribution in [1.82, 2.24) is 4.98 Å². The van der Waals surface area contributed by atoms with Crippen LogP contribution in [0.4, 0.5) is 0 Å². The van der Waals surface area contributed by atoms with Gasteiger partial charge in [-0.15, -0.1) is 0 Å². The number of aromatic amines is 1. The zero-order valence-electron chi connectivity index (χ0n) is 14.5. The fourth-order valence-corrected chi connectivity index (χ4v) is 2.75. The number of carbonyl (C=O) groups excluding carboxylic acids is 3. The molecule has 0 saturated heterocycles. The van der Waals surface area contributed by atoms with Crippen molar-refractivity contribution in [2.24, 2.45) is 0 Å². The number of ketones is 1. The summed E-state index contributed by atoms with van der Waals surface area (Å²) < 4.78 is 20.2. The Kier molecular flexibility index (Phi) is 4.66. The second kappa shape index (κ2) is 6.91. The average molecular weight is 359 g/mol. The lowest BCUT2D eigenvalue weighted by Crippen LogP contribution is -2.15. The number of ether oxygens (including phenoxy) is 4. The molecule has 0 spiro atoms. The van der Waals surface area contributed by atoms with Gasteiger partial charge in [-0.1, -0.05) is 0 Å². The number of fused-ring (bicyclic) bond motifs is 1. The minimum Gasteiger partial charge on any atom is -0.465 e. The number of rotatable bonds is 5. The highest BCUT2D eigenvalue weighted by atomic mass is 16.7. The van der Waals surface area contributed by atoms with Crippen molar-refractivity contribution >= 4 is 17.7 Å². The summed E-state index contributed by atoms with van der Waals surface area (Å²) in [5, 5.41) is 0. The molecule has 3 rings (SSSR count). The first-order valence-electron chi connectivity index (χ1n) is 7.79. The van der Waals surface area contributed by atoms with Crippen LogP contribution in [0.15, 0.2) is 18.2 Å². The van der Waals surface area contributed by atoms with E-state index in [1.54, 1.807) is 19.9 Å². The van der Waals surface area contributed by atoms with Crippen molar-refractivity contribution in [3.63, 3.8) is 0 Å². The van der Waals surface area contributed by atoms with Gasteiger partial charge in [0.2, 0.25) is 12.6 Å². The fourth-order valence-electron chi connectivity index (χ4n) is 2.75. The third kappa shape index (κ3) is 3.13. The van der Waals surface area contributed by atoms with E-state index in [0.717, 1.165) is 0 Å². The Balaban J connectivity index is 1.69. The van der Waals surface area contributed by atoms with E-state index in [4.69, 9.17) is 18.9 Å². The number of hydrogen-bond acceptors (Lipinski definition) is 7. The molecule has 1 aromatic carbocycles. The van der Waals surface area contributed by atoms with Crippen molar-refractivity contribution < 1.29 is 33.3 Å². The van der Waals surface area contributed by atoms with Gasteiger partial charge < -0.3 is 23.9 Å². The number of aryl methyl sites for hydroxylation is 1. The zero-order chi connectivity index (χ0) is 18.8.